The van der Waals surface area contributed by atoms with E-state index in [0.717, 1.165) is 43.2 Å². The average molecular weight is 448 g/mol. The maximum absolute atomic E-state index is 10.9. The van der Waals surface area contributed by atoms with E-state index in [4.69, 9.17) is 14.2 Å². The molecule has 8 rings (SSSR count). The molecule has 3 aliphatic heterocycles. The quantitative estimate of drug-likeness (QED) is 0.734. The van der Waals surface area contributed by atoms with E-state index in [1.54, 1.807) is 0 Å². The number of hydrogen-bond donors (Lipinski definition) is 1. The van der Waals surface area contributed by atoms with Crippen LogP contribution < -0.4 is 4.74 Å². The molecule has 174 valence electrons. The zero-order valence-corrected chi connectivity index (χ0v) is 19.3. The summed E-state index contributed by atoms with van der Waals surface area (Å²) in [6, 6.07) is 8.93. The Morgan fingerprint density at radius 1 is 1.21 bits per heavy atom. The van der Waals surface area contributed by atoms with Crippen LogP contribution >= 0.6 is 0 Å². The molecule has 1 aromatic rings. The highest BCUT2D eigenvalue weighted by atomic mass is 16.6. The summed E-state index contributed by atoms with van der Waals surface area (Å²) in [4.78, 5) is 2.79. The van der Waals surface area contributed by atoms with Gasteiger partial charge in [-0.15, -0.1) is 0 Å². The number of ether oxygens (including phenoxy) is 3. The maximum atomic E-state index is 10.9. The van der Waals surface area contributed by atoms with E-state index in [2.05, 4.69) is 42.2 Å². The number of aliphatic hydroxyl groups is 1. The fraction of sp³-hybridized carbons (Fsp3) is 0.643. The van der Waals surface area contributed by atoms with Gasteiger partial charge in [0, 0.05) is 36.6 Å². The van der Waals surface area contributed by atoms with Crippen molar-refractivity contribution in [1.82, 2.24) is 4.90 Å². The molecular weight excluding hydrogens is 414 g/mol. The van der Waals surface area contributed by atoms with Crippen molar-refractivity contribution in [2.24, 2.45) is 23.2 Å². The van der Waals surface area contributed by atoms with Crippen molar-refractivity contribution < 1.29 is 19.3 Å². The fourth-order valence-corrected chi connectivity index (χ4v) is 9.05. The number of rotatable bonds is 4. The van der Waals surface area contributed by atoms with Gasteiger partial charge in [-0.1, -0.05) is 24.3 Å². The van der Waals surface area contributed by atoms with Crippen LogP contribution in [-0.2, 0) is 9.47 Å². The number of likely N-dealkylation sites (tertiary alicyclic amines) is 1. The zero-order chi connectivity index (χ0) is 21.9. The van der Waals surface area contributed by atoms with Crippen molar-refractivity contribution in [2.75, 3.05) is 19.7 Å². The summed E-state index contributed by atoms with van der Waals surface area (Å²) in [6.07, 6.45) is 9.91. The fourth-order valence-electron chi connectivity index (χ4n) is 9.05. The molecule has 1 N–H and O–H groups in total. The van der Waals surface area contributed by atoms with Crippen LogP contribution in [0.2, 0.25) is 0 Å². The van der Waals surface area contributed by atoms with Gasteiger partial charge in [0.1, 0.15) is 23.7 Å². The van der Waals surface area contributed by atoms with Crippen LogP contribution in [0.3, 0.4) is 0 Å². The van der Waals surface area contributed by atoms with E-state index < -0.39 is 0 Å². The van der Waals surface area contributed by atoms with Crippen LogP contribution in [0.5, 0.6) is 5.75 Å². The monoisotopic (exact) mass is 447 g/mol. The van der Waals surface area contributed by atoms with E-state index >= 15 is 0 Å². The molecule has 0 radical (unpaired) electrons. The summed E-state index contributed by atoms with van der Waals surface area (Å²) in [5.41, 5.74) is 0.865. The molecular formula is C28H33NO4. The normalized spacial score (nSPS) is 46.3. The van der Waals surface area contributed by atoms with Gasteiger partial charge in [-0.2, -0.15) is 0 Å². The van der Waals surface area contributed by atoms with Crippen LogP contribution in [0, 0.1) is 23.2 Å². The van der Waals surface area contributed by atoms with Gasteiger partial charge >= 0.3 is 0 Å². The van der Waals surface area contributed by atoms with Crippen LogP contribution in [0.4, 0.5) is 0 Å². The van der Waals surface area contributed by atoms with Crippen molar-refractivity contribution in [2.45, 2.75) is 68.8 Å². The van der Waals surface area contributed by atoms with Crippen LogP contribution in [0.1, 0.15) is 50.5 Å². The van der Waals surface area contributed by atoms with Gasteiger partial charge in [-0.05, 0) is 69.6 Å². The predicted molar refractivity (Wildman–Crippen MR) is 123 cm³/mol. The maximum Gasteiger partial charge on any atom is 0.153 e. The molecule has 7 aliphatic rings. The van der Waals surface area contributed by atoms with E-state index in [1.807, 2.05) is 6.08 Å². The zero-order valence-electron chi connectivity index (χ0n) is 19.3. The summed E-state index contributed by atoms with van der Waals surface area (Å²) in [5, 5.41) is 10.9. The highest BCUT2D eigenvalue weighted by Gasteiger charge is 2.80. The van der Waals surface area contributed by atoms with Gasteiger partial charge in [0.25, 0.3) is 0 Å². The van der Waals surface area contributed by atoms with Crippen molar-refractivity contribution in [1.29, 1.82) is 0 Å². The first kappa shape index (κ1) is 19.3. The molecule has 5 heteroatoms. The Kier molecular flexibility index (Phi) is 3.73. The number of hydrogen-bond acceptors (Lipinski definition) is 5. The second-order valence-electron chi connectivity index (χ2n) is 11.5. The van der Waals surface area contributed by atoms with Gasteiger partial charge in [-0.25, -0.2) is 0 Å². The molecule has 2 saturated heterocycles. The Hall–Kier alpha value is -1.98. The first-order valence-electron chi connectivity index (χ1n) is 13.1. The number of benzene rings is 1. The molecule has 0 aromatic heterocycles. The number of fused-ring (bicyclic) bond motifs is 4. The first-order chi connectivity index (χ1) is 16.2. The van der Waals surface area contributed by atoms with Crippen LogP contribution in [0.25, 0.3) is 0 Å². The first-order valence-corrected chi connectivity index (χ1v) is 13.1. The molecule has 5 unspecified atom stereocenters. The van der Waals surface area contributed by atoms with E-state index in [-0.39, 0.29) is 35.1 Å². The largest absolute Gasteiger partial charge is 0.504 e. The van der Waals surface area contributed by atoms with Crippen molar-refractivity contribution in [3.63, 3.8) is 0 Å². The van der Waals surface area contributed by atoms with E-state index in [9.17, 15) is 5.11 Å². The molecule has 1 spiro atoms. The molecule has 3 heterocycles. The van der Waals surface area contributed by atoms with Crippen molar-refractivity contribution >= 4 is 0 Å². The summed E-state index contributed by atoms with van der Waals surface area (Å²) >= 11 is 0. The molecule has 0 amide bonds. The second kappa shape index (κ2) is 6.37. The Labute approximate surface area is 195 Å². The average Bonchev–Trinajstić information content (AvgIpc) is 3.45. The second-order valence-corrected chi connectivity index (χ2v) is 11.5. The molecule has 5 nitrogen and oxygen atoms in total. The van der Waals surface area contributed by atoms with Crippen molar-refractivity contribution in [3.8, 4) is 5.75 Å². The Balaban J connectivity index is 1.34. The van der Waals surface area contributed by atoms with E-state index in [1.165, 1.54) is 24.9 Å². The van der Waals surface area contributed by atoms with Gasteiger partial charge in [0.15, 0.2) is 5.76 Å². The van der Waals surface area contributed by atoms with Gasteiger partial charge in [0.2, 0.25) is 0 Å². The van der Waals surface area contributed by atoms with Gasteiger partial charge in [0.05, 0.1) is 11.0 Å². The third-order valence-electron chi connectivity index (χ3n) is 10.2. The standard InChI is InChI=1S/C28H33NO4/c1-2-31-28-14-19-18-5-3-4-6-21(18)32-24(19)26-27(28)11-12-29(15-16-7-8-16)22(28)13-17-9-10-20(30)25(33-26)23(17)27/h3-6,9-10,16-17,19,22-24,26,30H,2,7-8,11-15H2,1H3/t17?,19?,22?,23?,24?,26-,27-,28+/m0/s1. The Bertz CT molecular complexity index is 1080. The lowest BCUT2D eigenvalue weighted by atomic mass is 9.42. The molecule has 8 atom stereocenters. The van der Waals surface area contributed by atoms with Crippen molar-refractivity contribution in [3.05, 3.63) is 53.5 Å². The molecule has 4 aliphatic carbocycles. The smallest absolute Gasteiger partial charge is 0.153 e. The number of nitrogens with zero attached hydrogens (tertiary/aromatic N) is 1. The summed E-state index contributed by atoms with van der Waals surface area (Å²) in [6.45, 7) is 5.17. The molecule has 33 heavy (non-hydrogen) atoms. The molecule has 3 saturated carbocycles. The number of piperidine rings is 1. The highest BCUT2D eigenvalue weighted by Crippen LogP contribution is 2.73. The summed E-state index contributed by atoms with van der Waals surface area (Å²) in [5.74, 6) is 3.83. The van der Waals surface area contributed by atoms with Gasteiger partial charge in [-0.3, -0.25) is 4.90 Å². The van der Waals surface area contributed by atoms with Crippen LogP contribution in [0.15, 0.2) is 47.9 Å². The lowest BCUT2D eigenvalue weighted by molar-refractivity contribution is -0.285. The lowest BCUT2D eigenvalue weighted by Crippen LogP contribution is -2.78. The predicted octanol–water partition coefficient (Wildman–Crippen LogP) is 4.56. The minimum Gasteiger partial charge on any atom is -0.504 e. The molecule has 2 bridgehead atoms. The topological polar surface area (TPSA) is 51.2 Å². The van der Waals surface area contributed by atoms with Crippen LogP contribution in [-0.4, -0.2) is 53.6 Å². The minimum atomic E-state index is -0.282. The third kappa shape index (κ3) is 2.22. The third-order valence-corrected chi connectivity index (χ3v) is 10.2. The number of para-hydroxylation sites is 1. The van der Waals surface area contributed by atoms with E-state index in [0.29, 0.717) is 24.3 Å². The minimum absolute atomic E-state index is 0.0173. The SMILES string of the molecule is CCO[C@]12CC3c4ccccc4OC3[C@@H]3OC4=C(O)C=CC5CC1N(CC1CC1)CC[C@]32C45. The highest BCUT2D eigenvalue weighted by molar-refractivity contribution is 5.47. The Morgan fingerprint density at radius 3 is 2.94 bits per heavy atom. The Morgan fingerprint density at radius 2 is 2.09 bits per heavy atom. The molecule has 5 fully saturated rings. The summed E-state index contributed by atoms with van der Waals surface area (Å²) < 4.78 is 20.6. The molecule has 1 aromatic carbocycles. The summed E-state index contributed by atoms with van der Waals surface area (Å²) in [7, 11) is 0. The number of aliphatic hydroxyl groups excluding tert-OH is 1. The number of allylic oxidation sites excluding steroid dienone is 3. The lowest BCUT2D eigenvalue weighted by Gasteiger charge is -2.69. The van der Waals surface area contributed by atoms with Gasteiger partial charge < -0.3 is 19.3 Å².